The number of aromatic nitrogens is 1. The summed E-state index contributed by atoms with van der Waals surface area (Å²) in [4.78, 5) is 12.1. The minimum atomic E-state index is -0.227. The Balaban J connectivity index is 1.44. The number of amides is 1. The van der Waals surface area contributed by atoms with E-state index < -0.39 is 0 Å². The topological polar surface area (TPSA) is 73.6 Å². The normalized spacial score (nSPS) is 12.2. The third-order valence-corrected chi connectivity index (χ3v) is 3.97. The number of benzene rings is 2. The van der Waals surface area contributed by atoms with Crippen LogP contribution in [0.3, 0.4) is 0 Å². The van der Waals surface area contributed by atoms with E-state index in [9.17, 15) is 4.79 Å². The van der Waals surface area contributed by atoms with Crippen LogP contribution in [0.2, 0.25) is 5.02 Å². The minimum absolute atomic E-state index is 0.218. The molecule has 1 aliphatic heterocycles. The fraction of sp³-hybridized carbons (Fsp3) is 0.111. The molecule has 0 spiro atoms. The Morgan fingerprint density at radius 3 is 2.88 bits per heavy atom. The molecule has 1 amide bonds. The summed E-state index contributed by atoms with van der Waals surface area (Å²) in [5, 5.41) is 7.28. The van der Waals surface area contributed by atoms with Crippen molar-refractivity contribution in [3.63, 3.8) is 0 Å². The van der Waals surface area contributed by atoms with Gasteiger partial charge in [-0.05, 0) is 36.4 Å². The van der Waals surface area contributed by atoms with E-state index in [2.05, 4.69) is 10.5 Å². The van der Waals surface area contributed by atoms with Crippen molar-refractivity contribution in [2.24, 2.45) is 0 Å². The lowest BCUT2D eigenvalue weighted by Crippen LogP contribution is -2.22. The van der Waals surface area contributed by atoms with Gasteiger partial charge >= 0.3 is 0 Å². The molecule has 0 atom stereocenters. The molecule has 0 fully saturated rings. The number of ether oxygens (including phenoxy) is 2. The van der Waals surface area contributed by atoms with Gasteiger partial charge in [0.15, 0.2) is 17.3 Å². The van der Waals surface area contributed by atoms with Crippen LogP contribution in [0, 0.1) is 0 Å². The Morgan fingerprint density at radius 2 is 2.00 bits per heavy atom. The van der Waals surface area contributed by atoms with E-state index >= 15 is 0 Å². The van der Waals surface area contributed by atoms with Crippen LogP contribution in [0.25, 0.3) is 11.3 Å². The molecule has 2 aromatic carbocycles. The van der Waals surface area contributed by atoms with Crippen molar-refractivity contribution < 1.29 is 18.8 Å². The zero-order valence-electron chi connectivity index (χ0n) is 13.0. The van der Waals surface area contributed by atoms with E-state index in [0.29, 0.717) is 33.5 Å². The average Bonchev–Trinajstić information content (AvgIpc) is 3.28. The van der Waals surface area contributed by atoms with Crippen molar-refractivity contribution >= 4 is 17.5 Å². The van der Waals surface area contributed by atoms with Crippen LogP contribution >= 0.6 is 11.6 Å². The van der Waals surface area contributed by atoms with Crippen molar-refractivity contribution in [2.45, 2.75) is 6.54 Å². The summed E-state index contributed by atoms with van der Waals surface area (Å²) in [6, 6.07) is 14.0. The van der Waals surface area contributed by atoms with Crippen molar-refractivity contribution in [3.05, 3.63) is 64.8 Å². The van der Waals surface area contributed by atoms with Crippen molar-refractivity contribution in [1.29, 1.82) is 0 Å². The van der Waals surface area contributed by atoms with Gasteiger partial charge in [0.25, 0.3) is 5.91 Å². The third kappa shape index (κ3) is 3.29. The molecule has 0 bridgehead atoms. The molecule has 1 aliphatic rings. The van der Waals surface area contributed by atoms with Gasteiger partial charge < -0.3 is 19.3 Å². The molecule has 6 nitrogen and oxygen atoms in total. The first kappa shape index (κ1) is 15.5. The summed E-state index contributed by atoms with van der Waals surface area (Å²) < 4.78 is 16.0. The molecule has 4 rings (SSSR count). The van der Waals surface area contributed by atoms with E-state index in [1.54, 1.807) is 30.3 Å². The number of fused-ring (bicyclic) bond motifs is 1. The molecule has 0 saturated heterocycles. The maximum atomic E-state index is 12.1. The zero-order valence-corrected chi connectivity index (χ0v) is 13.7. The highest BCUT2D eigenvalue weighted by Crippen LogP contribution is 2.35. The molecule has 2 heterocycles. The molecule has 0 saturated carbocycles. The molecular formula is C18H13ClN2O4. The SMILES string of the molecule is O=C(NCc1cc(-c2ccc3c(c2)OCO3)on1)c1cccc(Cl)c1. The average molecular weight is 357 g/mol. The predicted molar refractivity (Wildman–Crippen MR) is 90.7 cm³/mol. The number of nitrogens with one attached hydrogen (secondary N) is 1. The Hall–Kier alpha value is -2.99. The van der Waals surface area contributed by atoms with E-state index in [4.69, 9.17) is 25.6 Å². The lowest BCUT2D eigenvalue weighted by molar-refractivity contribution is 0.0950. The van der Waals surface area contributed by atoms with E-state index in [1.165, 1.54) is 0 Å². The Bertz CT molecular complexity index is 938. The van der Waals surface area contributed by atoms with E-state index in [-0.39, 0.29) is 19.2 Å². The van der Waals surface area contributed by atoms with Gasteiger partial charge in [-0.25, -0.2) is 0 Å². The summed E-state index contributed by atoms with van der Waals surface area (Å²) in [7, 11) is 0. The second-order valence-corrected chi connectivity index (χ2v) is 5.88. The summed E-state index contributed by atoms with van der Waals surface area (Å²) in [6.07, 6.45) is 0. The lowest BCUT2D eigenvalue weighted by atomic mass is 10.1. The second-order valence-electron chi connectivity index (χ2n) is 5.44. The Kier molecular flexibility index (Phi) is 4.03. The zero-order chi connectivity index (χ0) is 17.2. The van der Waals surface area contributed by atoms with Crippen LogP contribution in [-0.2, 0) is 6.54 Å². The third-order valence-electron chi connectivity index (χ3n) is 3.73. The quantitative estimate of drug-likeness (QED) is 0.772. The molecule has 0 aliphatic carbocycles. The Labute approximate surface area is 148 Å². The molecule has 7 heteroatoms. The number of hydrogen-bond acceptors (Lipinski definition) is 5. The summed E-state index contributed by atoms with van der Waals surface area (Å²) in [6.45, 7) is 0.468. The predicted octanol–water partition coefficient (Wildman–Crippen LogP) is 3.65. The highest BCUT2D eigenvalue weighted by atomic mass is 35.5. The Morgan fingerprint density at radius 1 is 1.12 bits per heavy atom. The van der Waals surface area contributed by atoms with Gasteiger partial charge in [0.1, 0.15) is 5.69 Å². The van der Waals surface area contributed by atoms with E-state index in [0.717, 1.165) is 5.56 Å². The fourth-order valence-corrected chi connectivity index (χ4v) is 2.67. The van der Waals surface area contributed by atoms with Gasteiger partial charge in [0.2, 0.25) is 6.79 Å². The maximum absolute atomic E-state index is 12.1. The summed E-state index contributed by atoms with van der Waals surface area (Å²) in [5.74, 6) is 1.74. The molecule has 1 aromatic heterocycles. The standard InChI is InChI=1S/C18H13ClN2O4/c19-13-3-1-2-12(6-13)18(22)20-9-14-8-16(25-21-14)11-4-5-15-17(7-11)24-10-23-15/h1-8H,9-10H2,(H,20,22). The van der Waals surface area contributed by atoms with Crippen LogP contribution in [0.1, 0.15) is 16.1 Å². The largest absolute Gasteiger partial charge is 0.454 e. The highest BCUT2D eigenvalue weighted by molar-refractivity contribution is 6.30. The summed E-state index contributed by atoms with van der Waals surface area (Å²) in [5.41, 5.74) is 1.93. The molecule has 0 unspecified atom stereocenters. The van der Waals surface area contributed by atoms with Gasteiger partial charge in [-0.3, -0.25) is 4.79 Å². The first-order chi connectivity index (χ1) is 12.2. The van der Waals surface area contributed by atoms with Gasteiger partial charge in [0.05, 0.1) is 6.54 Å². The molecule has 0 radical (unpaired) electrons. The smallest absolute Gasteiger partial charge is 0.251 e. The molecule has 1 N–H and O–H groups in total. The highest BCUT2D eigenvalue weighted by Gasteiger charge is 2.16. The molecular weight excluding hydrogens is 344 g/mol. The number of carbonyl (C=O) groups excluding carboxylic acids is 1. The van der Waals surface area contributed by atoms with Crippen molar-refractivity contribution in [3.8, 4) is 22.8 Å². The monoisotopic (exact) mass is 356 g/mol. The lowest BCUT2D eigenvalue weighted by Gasteiger charge is -2.03. The molecule has 25 heavy (non-hydrogen) atoms. The number of rotatable bonds is 4. The van der Waals surface area contributed by atoms with Gasteiger partial charge in [-0.2, -0.15) is 0 Å². The molecule has 3 aromatic rings. The van der Waals surface area contributed by atoms with Crippen LogP contribution in [0.4, 0.5) is 0 Å². The maximum Gasteiger partial charge on any atom is 0.251 e. The van der Waals surface area contributed by atoms with Gasteiger partial charge in [-0.15, -0.1) is 0 Å². The molecule has 126 valence electrons. The van der Waals surface area contributed by atoms with Gasteiger partial charge in [0, 0.05) is 22.2 Å². The first-order valence-corrected chi connectivity index (χ1v) is 7.96. The fourth-order valence-electron chi connectivity index (χ4n) is 2.48. The number of hydrogen-bond donors (Lipinski definition) is 1. The number of halogens is 1. The van der Waals surface area contributed by atoms with Crippen molar-refractivity contribution in [1.82, 2.24) is 10.5 Å². The second kappa shape index (κ2) is 6.49. The van der Waals surface area contributed by atoms with Crippen LogP contribution < -0.4 is 14.8 Å². The number of nitrogens with zero attached hydrogens (tertiary/aromatic N) is 1. The van der Waals surface area contributed by atoms with Crippen LogP contribution in [0.5, 0.6) is 11.5 Å². The summed E-state index contributed by atoms with van der Waals surface area (Å²) >= 11 is 5.89. The minimum Gasteiger partial charge on any atom is -0.454 e. The first-order valence-electron chi connectivity index (χ1n) is 7.58. The van der Waals surface area contributed by atoms with Crippen LogP contribution in [0.15, 0.2) is 53.1 Å². The van der Waals surface area contributed by atoms with Crippen molar-refractivity contribution in [2.75, 3.05) is 6.79 Å². The van der Waals surface area contributed by atoms with E-state index in [1.807, 2.05) is 18.2 Å². The van der Waals surface area contributed by atoms with Gasteiger partial charge in [-0.1, -0.05) is 22.8 Å². The number of carbonyl (C=O) groups is 1. The van der Waals surface area contributed by atoms with Crippen LogP contribution in [-0.4, -0.2) is 17.9 Å².